The smallest absolute Gasteiger partial charge is 0.264 e. The molecular formula is C31H38FN3O5S. The fourth-order valence-electron chi connectivity index (χ4n) is 4.31. The number of carbonyl (C=O) groups excluding carboxylic acids is 2. The van der Waals surface area contributed by atoms with Crippen LogP contribution in [0, 0.1) is 18.7 Å². The molecule has 3 rings (SSSR count). The number of benzene rings is 3. The number of anilines is 1. The summed E-state index contributed by atoms with van der Waals surface area (Å²) in [5.41, 5.74) is 1.27. The molecule has 0 radical (unpaired) electrons. The van der Waals surface area contributed by atoms with E-state index in [2.05, 4.69) is 5.32 Å². The number of para-hydroxylation sites is 1. The van der Waals surface area contributed by atoms with E-state index in [0.29, 0.717) is 17.9 Å². The van der Waals surface area contributed by atoms with Crippen molar-refractivity contribution in [1.29, 1.82) is 0 Å². The number of methoxy groups -OCH3 is 1. The lowest BCUT2D eigenvalue weighted by Gasteiger charge is -2.33. The third-order valence-corrected chi connectivity index (χ3v) is 8.34. The number of nitrogens with zero attached hydrogens (tertiary/aromatic N) is 2. The quantitative estimate of drug-likeness (QED) is 0.308. The molecule has 0 saturated heterocycles. The van der Waals surface area contributed by atoms with Crippen LogP contribution in [-0.4, -0.2) is 51.4 Å². The molecule has 2 amide bonds. The van der Waals surface area contributed by atoms with Gasteiger partial charge in [-0.15, -0.1) is 0 Å². The molecule has 0 aliphatic heterocycles. The predicted octanol–water partition coefficient (Wildman–Crippen LogP) is 4.92. The highest BCUT2D eigenvalue weighted by Gasteiger charge is 2.34. The minimum absolute atomic E-state index is 0.0132. The Balaban J connectivity index is 2.07. The molecule has 0 fully saturated rings. The molecule has 0 bridgehead atoms. The molecular weight excluding hydrogens is 545 g/mol. The highest BCUT2D eigenvalue weighted by atomic mass is 32.2. The van der Waals surface area contributed by atoms with Crippen LogP contribution in [0.5, 0.6) is 5.75 Å². The summed E-state index contributed by atoms with van der Waals surface area (Å²) in [7, 11) is -2.83. The zero-order valence-electron chi connectivity index (χ0n) is 24.1. The summed E-state index contributed by atoms with van der Waals surface area (Å²) in [6.45, 7) is 7.24. The Morgan fingerprint density at radius 2 is 1.68 bits per heavy atom. The van der Waals surface area contributed by atoms with E-state index < -0.39 is 34.3 Å². The number of rotatable bonds is 13. The van der Waals surface area contributed by atoms with Crippen molar-refractivity contribution in [3.8, 4) is 5.75 Å². The normalized spacial score (nSPS) is 12.1. The van der Waals surface area contributed by atoms with Gasteiger partial charge >= 0.3 is 0 Å². The third-order valence-electron chi connectivity index (χ3n) is 6.57. The predicted molar refractivity (Wildman–Crippen MR) is 158 cm³/mol. The van der Waals surface area contributed by atoms with Crippen molar-refractivity contribution < 1.29 is 27.1 Å². The molecule has 8 nitrogen and oxygen atoms in total. The van der Waals surface area contributed by atoms with Crippen molar-refractivity contribution in [2.45, 2.75) is 51.6 Å². The third kappa shape index (κ3) is 8.07. The number of halogens is 1. The summed E-state index contributed by atoms with van der Waals surface area (Å²) in [5, 5.41) is 2.88. The molecule has 0 aliphatic rings. The van der Waals surface area contributed by atoms with Gasteiger partial charge < -0.3 is 15.0 Å². The fraction of sp³-hybridized carbons (Fsp3) is 0.355. The van der Waals surface area contributed by atoms with Gasteiger partial charge in [0.1, 0.15) is 24.2 Å². The van der Waals surface area contributed by atoms with Crippen molar-refractivity contribution in [1.82, 2.24) is 10.2 Å². The fourth-order valence-corrected chi connectivity index (χ4v) is 5.74. The van der Waals surface area contributed by atoms with Gasteiger partial charge in [-0.25, -0.2) is 12.8 Å². The second kappa shape index (κ2) is 14.1. The molecule has 1 atom stereocenters. The summed E-state index contributed by atoms with van der Waals surface area (Å²) in [6.07, 6.45) is 0.282. The molecule has 3 aromatic carbocycles. The molecule has 41 heavy (non-hydrogen) atoms. The Bertz CT molecular complexity index is 1440. The maximum absolute atomic E-state index is 15.1. The molecule has 0 spiro atoms. The Morgan fingerprint density at radius 1 is 1.00 bits per heavy atom. The van der Waals surface area contributed by atoms with Crippen LogP contribution in [0.1, 0.15) is 38.3 Å². The van der Waals surface area contributed by atoms with Crippen molar-refractivity contribution in [2.24, 2.45) is 5.92 Å². The lowest BCUT2D eigenvalue weighted by Crippen LogP contribution is -2.52. The van der Waals surface area contributed by atoms with Crippen LogP contribution in [0.15, 0.2) is 77.7 Å². The number of ether oxygens (including phenoxy) is 1. The second-order valence-corrected chi connectivity index (χ2v) is 12.1. The van der Waals surface area contributed by atoms with E-state index >= 15 is 4.39 Å². The average Bonchev–Trinajstić information content (AvgIpc) is 2.95. The minimum Gasteiger partial charge on any atom is -0.497 e. The van der Waals surface area contributed by atoms with Crippen molar-refractivity contribution in [2.75, 3.05) is 24.5 Å². The summed E-state index contributed by atoms with van der Waals surface area (Å²) in [5.74, 6) is -1.04. The van der Waals surface area contributed by atoms with E-state index in [1.165, 1.54) is 42.3 Å². The lowest BCUT2D eigenvalue weighted by atomic mass is 10.1. The first kappa shape index (κ1) is 31.6. The van der Waals surface area contributed by atoms with Gasteiger partial charge in [0.05, 0.1) is 17.7 Å². The first-order chi connectivity index (χ1) is 19.5. The highest BCUT2D eigenvalue weighted by molar-refractivity contribution is 7.92. The van der Waals surface area contributed by atoms with Gasteiger partial charge in [-0.3, -0.25) is 13.9 Å². The molecule has 0 aliphatic carbocycles. The zero-order chi connectivity index (χ0) is 30.2. The van der Waals surface area contributed by atoms with Crippen LogP contribution in [0.3, 0.4) is 0 Å². The summed E-state index contributed by atoms with van der Waals surface area (Å²) in [6, 6.07) is 17.7. The van der Waals surface area contributed by atoms with Gasteiger partial charge in [-0.1, -0.05) is 62.7 Å². The molecule has 1 unspecified atom stereocenters. The van der Waals surface area contributed by atoms with Crippen LogP contribution in [0.25, 0.3) is 0 Å². The first-order valence-electron chi connectivity index (χ1n) is 13.5. The standard InChI is InChI=1S/C31H38FN3O5S/c1-6-28(31(37)33-19-22(2)3)34(20-24-10-9-11-25(18-24)40-5)30(36)21-35(29-13-8-7-12-27(29)32)41(38,39)26-16-14-23(4)15-17-26/h7-18,22,28H,6,19-21H2,1-5H3,(H,33,37). The van der Waals surface area contributed by atoms with Gasteiger partial charge in [0.15, 0.2) is 0 Å². The Morgan fingerprint density at radius 3 is 2.29 bits per heavy atom. The van der Waals surface area contributed by atoms with Crippen LogP contribution in [-0.2, 0) is 26.2 Å². The van der Waals surface area contributed by atoms with E-state index in [-0.39, 0.29) is 35.4 Å². The number of amides is 2. The van der Waals surface area contributed by atoms with E-state index in [1.807, 2.05) is 20.8 Å². The SMILES string of the molecule is CCC(C(=O)NCC(C)C)N(Cc1cccc(OC)c1)C(=O)CN(c1ccccc1F)S(=O)(=O)c1ccc(C)cc1. The van der Waals surface area contributed by atoms with Gasteiger partial charge in [0.2, 0.25) is 11.8 Å². The van der Waals surface area contributed by atoms with Crippen molar-refractivity contribution in [3.63, 3.8) is 0 Å². The first-order valence-corrected chi connectivity index (χ1v) is 15.0. The Kier molecular flexibility index (Phi) is 10.9. The molecule has 220 valence electrons. The molecule has 1 N–H and O–H groups in total. The largest absolute Gasteiger partial charge is 0.497 e. The average molecular weight is 584 g/mol. The number of aryl methyl sites for hydroxylation is 1. The number of sulfonamides is 1. The molecule has 0 saturated carbocycles. The maximum Gasteiger partial charge on any atom is 0.264 e. The van der Waals surface area contributed by atoms with Crippen LogP contribution in [0.2, 0.25) is 0 Å². The van der Waals surface area contributed by atoms with Gasteiger partial charge in [-0.05, 0) is 61.2 Å². The van der Waals surface area contributed by atoms with Crippen molar-refractivity contribution in [3.05, 3.63) is 89.7 Å². The highest BCUT2D eigenvalue weighted by Crippen LogP contribution is 2.27. The topological polar surface area (TPSA) is 96.0 Å². The van der Waals surface area contributed by atoms with Gasteiger partial charge in [0, 0.05) is 13.1 Å². The molecule has 10 heteroatoms. The van der Waals surface area contributed by atoms with Gasteiger partial charge in [0.25, 0.3) is 10.0 Å². The zero-order valence-corrected chi connectivity index (χ0v) is 24.9. The van der Waals surface area contributed by atoms with E-state index in [4.69, 9.17) is 4.74 Å². The maximum atomic E-state index is 15.1. The Hall–Kier alpha value is -3.92. The summed E-state index contributed by atoms with van der Waals surface area (Å²) in [4.78, 5) is 28.6. The van der Waals surface area contributed by atoms with Crippen LogP contribution in [0.4, 0.5) is 10.1 Å². The van der Waals surface area contributed by atoms with Crippen LogP contribution >= 0.6 is 0 Å². The second-order valence-electron chi connectivity index (χ2n) is 10.2. The number of hydrogen-bond acceptors (Lipinski definition) is 5. The molecule has 0 aromatic heterocycles. The molecule has 3 aromatic rings. The summed E-state index contributed by atoms with van der Waals surface area (Å²) >= 11 is 0. The van der Waals surface area contributed by atoms with E-state index in [0.717, 1.165) is 15.9 Å². The van der Waals surface area contributed by atoms with Crippen molar-refractivity contribution >= 4 is 27.5 Å². The van der Waals surface area contributed by atoms with Crippen LogP contribution < -0.4 is 14.4 Å². The number of carbonyl (C=O) groups is 2. The summed E-state index contributed by atoms with van der Waals surface area (Å²) < 4.78 is 48.8. The Labute approximate surface area is 242 Å². The number of nitrogens with one attached hydrogen (secondary N) is 1. The van der Waals surface area contributed by atoms with E-state index in [1.54, 1.807) is 43.3 Å². The van der Waals surface area contributed by atoms with Gasteiger partial charge in [-0.2, -0.15) is 0 Å². The minimum atomic E-state index is -4.35. The monoisotopic (exact) mass is 583 g/mol. The lowest BCUT2D eigenvalue weighted by molar-refractivity contribution is -0.140. The molecule has 0 heterocycles. The number of hydrogen-bond donors (Lipinski definition) is 1. The van der Waals surface area contributed by atoms with E-state index in [9.17, 15) is 18.0 Å².